The van der Waals surface area contributed by atoms with Gasteiger partial charge in [0.2, 0.25) is 0 Å². The Balaban J connectivity index is 2.52. The number of carbonyl (C=O) groups is 1. The smallest absolute Gasteiger partial charge is 0.410 e. The average Bonchev–Trinajstić information content (AvgIpc) is 2.82. The number of aliphatic hydroxyl groups is 1. The van der Waals surface area contributed by atoms with E-state index < -0.39 is 20.5 Å². The van der Waals surface area contributed by atoms with Gasteiger partial charge >= 0.3 is 6.09 Å². The molecular weight excluding hydrogens is 286 g/mol. The number of rotatable bonds is 8. The first-order valence-electron chi connectivity index (χ1n) is 8.15. The molecule has 1 amide bonds. The molecule has 0 unspecified atom stereocenters. The van der Waals surface area contributed by atoms with Crippen molar-refractivity contribution in [2.75, 3.05) is 19.8 Å². The summed E-state index contributed by atoms with van der Waals surface area (Å²) in [5.41, 5.74) is 0. The zero-order chi connectivity index (χ0) is 16.8. The topological polar surface area (TPSA) is 59.0 Å². The van der Waals surface area contributed by atoms with E-state index in [4.69, 9.17) is 10.5 Å². The molecule has 1 heterocycles. The van der Waals surface area contributed by atoms with E-state index in [2.05, 4.69) is 26.6 Å². The molecule has 122 valence electrons. The zero-order valence-electron chi connectivity index (χ0n) is 14.4. The third kappa shape index (κ3) is 6.19. The molecule has 0 aromatic rings. The lowest BCUT2D eigenvalue weighted by Crippen LogP contribution is -2.42. The minimum absolute atomic E-state index is 0.0500. The molecule has 0 radical (unpaired) electrons. The van der Waals surface area contributed by atoms with Gasteiger partial charge in [-0.3, -0.25) is 0 Å². The molecule has 1 fully saturated rings. The van der Waals surface area contributed by atoms with E-state index in [-0.39, 0.29) is 25.2 Å². The number of hydrogen-bond donors (Lipinski definition) is 1. The number of aliphatic hydroxyl groups excluding tert-OH is 1. The minimum Gasteiger partial charge on any atom is -0.445 e. The van der Waals surface area contributed by atoms with Gasteiger partial charge in [-0.2, -0.15) is 0 Å². The van der Waals surface area contributed by atoms with Crippen LogP contribution in [0.15, 0.2) is 12.6 Å². The van der Waals surface area contributed by atoms with Crippen LogP contribution < -0.4 is 0 Å². The van der Waals surface area contributed by atoms with Crippen LogP contribution in [0.5, 0.6) is 0 Å². The minimum atomic E-state index is -1.72. The second-order valence-electron chi connectivity index (χ2n) is 6.17. The number of likely N-dealkylation sites (tertiary alicyclic amines) is 1. The summed E-state index contributed by atoms with van der Waals surface area (Å²) in [6, 6.07) is 0.992. The normalized spacial score (nSPS) is 23.0. The van der Waals surface area contributed by atoms with Gasteiger partial charge in [-0.15, -0.1) is 0 Å². The van der Waals surface area contributed by atoms with Crippen LogP contribution in [-0.4, -0.2) is 56.3 Å². The van der Waals surface area contributed by atoms with Gasteiger partial charge in [0.25, 0.3) is 0 Å². The van der Waals surface area contributed by atoms with E-state index in [9.17, 15) is 9.90 Å². The molecule has 1 aliphatic rings. The quantitative estimate of drug-likeness (QED) is 0.552. The fourth-order valence-electron chi connectivity index (χ4n) is 2.47. The van der Waals surface area contributed by atoms with Crippen molar-refractivity contribution in [2.24, 2.45) is 0 Å². The second kappa shape index (κ2) is 8.56. The van der Waals surface area contributed by atoms with Crippen LogP contribution in [0.3, 0.4) is 0 Å². The van der Waals surface area contributed by atoms with E-state index in [0.29, 0.717) is 13.0 Å². The summed E-state index contributed by atoms with van der Waals surface area (Å²) in [5, 5.41) is 9.82. The first kappa shape index (κ1) is 16.5. The summed E-state index contributed by atoms with van der Waals surface area (Å²) in [6.07, 6.45) is 1.77. The Hall–Kier alpha value is -0.853. The number of amides is 1. The van der Waals surface area contributed by atoms with Gasteiger partial charge in [0, 0.05) is 0 Å². The van der Waals surface area contributed by atoms with Crippen LogP contribution in [0.25, 0.3) is 0 Å². The van der Waals surface area contributed by atoms with Crippen LogP contribution in [0.4, 0.5) is 4.79 Å². The molecule has 0 spiro atoms. The third-order valence-corrected chi connectivity index (χ3v) is 6.23. The molecule has 5 nitrogen and oxygen atoms in total. The zero-order valence-corrected chi connectivity index (χ0v) is 14.4. The predicted molar refractivity (Wildman–Crippen MR) is 85.8 cm³/mol. The Morgan fingerprint density at radius 1 is 1.62 bits per heavy atom. The van der Waals surface area contributed by atoms with Gasteiger partial charge in [-0.05, 0) is 25.6 Å². The van der Waals surface area contributed by atoms with Crippen molar-refractivity contribution < 1.29 is 20.4 Å². The molecule has 1 saturated heterocycles. The van der Waals surface area contributed by atoms with Crippen LogP contribution in [0.2, 0.25) is 19.1 Å². The van der Waals surface area contributed by atoms with E-state index in [1.807, 2.05) is 0 Å². The molecule has 1 aliphatic heterocycles. The standard InChI is InChI=1S/C15H29NO4Si/c1-5-7-9-21(3,4)20-12-13-10-14(17)11-16(13)15(18)19-8-6-2/h6,13-14,17H,2,5,7-12H2,1,3-4H3/t13-,14+/m0/s1/i6T. The van der Waals surface area contributed by atoms with Gasteiger partial charge in [0.1, 0.15) is 6.61 Å². The molecule has 0 bridgehead atoms. The van der Waals surface area contributed by atoms with Gasteiger partial charge in [0.05, 0.1) is 26.7 Å². The van der Waals surface area contributed by atoms with Crippen LogP contribution in [-0.2, 0) is 9.16 Å². The highest BCUT2D eigenvalue weighted by atomic mass is 28.4. The molecule has 0 saturated carbocycles. The van der Waals surface area contributed by atoms with E-state index in [1.165, 1.54) is 4.90 Å². The maximum absolute atomic E-state index is 12.0. The highest BCUT2D eigenvalue weighted by molar-refractivity contribution is 6.71. The molecule has 6 heteroatoms. The van der Waals surface area contributed by atoms with E-state index >= 15 is 0 Å². The Bertz CT molecular complexity index is 392. The summed E-state index contributed by atoms with van der Waals surface area (Å²) < 4.78 is 18.3. The first-order valence-corrected chi connectivity index (χ1v) is 10.8. The highest BCUT2D eigenvalue weighted by Gasteiger charge is 2.36. The molecule has 0 aromatic heterocycles. The summed E-state index contributed by atoms with van der Waals surface area (Å²) in [4.78, 5) is 13.5. The van der Waals surface area contributed by atoms with Crippen molar-refractivity contribution in [2.45, 2.75) is 57.5 Å². The lowest BCUT2D eigenvalue weighted by atomic mass is 10.2. The molecule has 1 rings (SSSR count). The Morgan fingerprint density at radius 2 is 2.33 bits per heavy atom. The number of ether oxygens (including phenoxy) is 1. The number of hydrogen-bond acceptors (Lipinski definition) is 4. The Morgan fingerprint density at radius 3 is 2.95 bits per heavy atom. The van der Waals surface area contributed by atoms with Crippen LogP contribution in [0.1, 0.15) is 27.6 Å². The molecule has 0 aromatic carbocycles. The first-order chi connectivity index (χ1) is 10.2. The van der Waals surface area contributed by atoms with Gasteiger partial charge < -0.3 is 19.2 Å². The third-order valence-electron chi connectivity index (χ3n) is 3.72. The van der Waals surface area contributed by atoms with Crippen LogP contribution in [0, 0.1) is 0 Å². The summed E-state index contributed by atoms with van der Waals surface area (Å²) >= 11 is 0. The fourth-order valence-corrected chi connectivity index (χ4v) is 4.46. The van der Waals surface area contributed by atoms with E-state index in [0.717, 1.165) is 18.9 Å². The molecule has 1 N–H and O–H groups in total. The largest absolute Gasteiger partial charge is 0.445 e. The van der Waals surface area contributed by atoms with Gasteiger partial charge in [-0.25, -0.2) is 4.79 Å². The van der Waals surface area contributed by atoms with E-state index in [1.54, 1.807) is 0 Å². The number of β-amino-alcohol motifs (C(OH)–C–C–N with tert-alkyl or cyclic N) is 1. The van der Waals surface area contributed by atoms with Gasteiger partial charge in [-0.1, -0.05) is 32.4 Å². The van der Waals surface area contributed by atoms with Crippen molar-refractivity contribution in [1.29, 1.82) is 0 Å². The number of carbonyl (C=O) groups excluding carboxylic acids is 1. The predicted octanol–water partition coefficient (Wildman–Crippen LogP) is 2.77. The number of unbranched alkanes of at least 4 members (excludes halogenated alkanes) is 1. The van der Waals surface area contributed by atoms with Crippen molar-refractivity contribution in [3.8, 4) is 0 Å². The lowest BCUT2D eigenvalue weighted by Gasteiger charge is -2.28. The lowest BCUT2D eigenvalue weighted by molar-refractivity contribution is 0.0919. The molecule has 21 heavy (non-hydrogen) atoms. The maximum atomic E-state index is 12.0. The molecular formula is C15H29NO4Si. The Kier molecular flexibility index (Phi) is 6.73. The second-order valence-corrected chi connectivity index (χ2v) is 10.5. The summed E-state index contributed by atoms with van der Waals surface area (Å²) in [5.74, 6) is 0. The summed E-state index contributed by atoms with van der Waals surface area (Å²) in [7, 11) is -1.72. The SMILES string of the molecule is [3H]C(=C)COC(=O)N1C[C@H](O)C[C@H]1CO[Si](C)(C)CCCC. The van der Waals surface area contributed by atoms with Crippen molar-refractivity contribution in [3.63, 3.8) is 0 Å². The summed E-state index contributed by atoms with van der Waals surface area (Å²) in [6.45, 7) is 10.5. The fraction of sp³-hybridized carbons (Fsp3) is 0.800. The highest BCUT2D eigenvalue weighted by Crippen LogP contribution is 2.22. The Labute approximate surface area is 130 Å². The molecule has 2 atom stereocenters. The van der Waals surface area contributed by atoms with Crippen LogP contribution >= 0.6 is 0 Å². The average molecular weight is 317 g/mol. The number of nitrogens with zero attached hydrogens (tertiary/aromatic N) is 1. The monoisotopic (exact) mass is 317 g/mol. The molecule has 0 aliphatic carbocycles. The van der Waals surface area contributed by atoms with Crippen molar-refractivity contribution in [3.05, 3.63) is 12.6 Å². The maximum Gasteiger partial charge on any atom is 0.410 e. The van der Waals surface area contributed by atoms with Gasteiger partial charge in [0.15, 0.2) is 8.32 Å². The van der Waals surface area contributed by atoms with Crippen molar-refractivity contribution >= 4 is 14.4 Å². The van der Waals surface area contributed by atoms with Crippen molar-refractivity contribution in [1.82, 2.24) is 4.90 Å².